The lowest BCUT2D eigenvalue weighted by molar-refractivity contribution is -0.0159. The van der Waals surface area contributed by atoms with Crippen LogP contribution in [0.15, 0.2) is 18.2 Å². The van der Waals surface area contributed by atoms with Gasteiger partial charge in [-0.3, -0.25) is 9.69 Å². The van der Waals surface area contributed by atoms with Crippen molar-refractivity contribution >= 4 is 5.91 Å². The highest BCUT2D eigenvalue weighted by Crippen LogP contribution is 2.33. The number of aryl methyl sites for hydroxylation is 1. The molecule has 2 saturated heterocycles. The number of ether oxygens (including phenoxy) is 2. The summed E-state index contributed by atoms with van der Waals surface area (Å²) in [6.07, 6.45) is 1.10. The van der Waals surface area contributed by atoms with Crippen LogP contribution in [0.5, 0.6) is 0 Å². The first-order valence-electron chi connectivity index (χ1n) is 8.62. The molecule has 1 aromatic rings. The summed E-state index contributed by atoms with van der Waals surface area (Å²) in [5.74, 6) is 0.395. The third kappa shape index (κ3) is 3.45. The zero-order valence-corrected chi connectivity index (χ0v) is 14.8. The average Bonchev–Trinajstić information content (AvgIpc) is 3.02. The molecule has 3 heterocycles. The number of hydrogen-bond donors (Lipinski definition) is 0. The minimum atomic E-state index is 0.0387. The van der Waals surface area contributed by atoms with E-state index in [2.05, 4.69) is 9.88 Å². The van der Waals surface area contributed by atoms with Crippen LogP contribution in [0.3, 0.4) is 0 Å². The molecule has 0 radical (unpaired) electrons. The SMILES string of the molecule is COCCN1C[C@H]2[C@@H](C1)N(C(=O)c1cccc(C)n1)CC[C@H]2OC. The van der Waals surface area contributed by atoms with Gasteiger partial charge < -0.3 is 14.4 Å². The Labute approximate surface area is 143 Å². The van der Waals surface area contributed by atoms with E-state index in [4.69, 9.17) is 9.47 Å². The molecule has 24 heavy (non-hydrogen) atoms. The van der Waals surface area contributed by atoms with Gasteiger partial charge in [0, 0.05) is 52.0 Å². The summed E-state index contributed by atoms with van der Waals surface area (Å²) in [6, 6.07) is 5.81. The number of carbonyl (C=O) groups excluding carboxylic acids is 1. The van der Waals surface area contributed by atoms with Crippen molar-refractivity contribution in [1.29, 1.82) is 0 Å². The van der Waals surface area contributed by atoms with Gasteiger partial charge in [-0.25, -0.2) is 4.98 Å². The van der Waals surface area contributed by atoms with Gasteiger partial charge in [-0.1, -0.05) is 6.07 Å². The fourth-order valence-corrected chi connectivity index (χ4v) is 3.99. The molecule has 0 aromatic carbocycles. The van der Waals surface area contributed by atoms with E-state index in [-0.39, 0.29) is 18.1 Å². The van der Waals surface area contributed by atoms with Gasteiger partial charge in [-0.15, -0.1) is 0 Å². The van der Waals surface area contributed by atoms with Crippen LogP contribution >= 0.6 is 0 Å². The topological polar surface area (TPSA) is 54.9 Å². The smallest absolute Gasteiger partial charge is 0.272 e. The van der Waals surface area contributed by atoms with Crippen molar-refractivity contribution in [2.75, 3.05) is 47.0 Å². The van der Waals surface area contributed by atoms with E-state index in [0.29, 0.717) is 18.2 Å². The lowest BCUT2D eigenvalue weighted by Crippen LogP contribution is -2.53. The van der Waals surface area contributed by atoms with E-state index in [1.165, 1.54) is 0 Å². The van der Waals surface area contributed by atoms with Crippen LogP contribution in [-0.4, -0.2) is 79.8 Å². The minimum Gasteiger partial charge on any atom is -0.383 e. The summed E-state index contributed by atoms with van der Waals surface area (Å²) in [6.45, 7) is 6.09. The molecule has 0 saturated carbocycles. The Hall–Kier alpha value is -1.50. The molecular weight excluding hydrogens is 306 g/mol. The second-order valence-corrected chi connectivity index (χ2v) is 6.71. The highest BCUT2D eigenvalue weighted by molar-refractivity contribution is 5.92. The first-order chi connectivity index (χ1) is 11.6. The first kappa shape index (κ1) is 17.3. The number of methoxy groups -OCH3 is 2. The van der Waals surface area contributed by atoms with E-state index in [0.717, 1.165) is 38.3 Å². The molecule has 1 amide bonds. The molecule has 0 aliphatic carbocycles. The number of aromatic nitrogens is 1. The third-order valence-electron chi connectivity index (χ3n) is 5.22. The quantitative estimate of drug-likeness (QED) is 0.810. The fourth-order valence-electron chi connectivity index (χ4n) is 3.99. The maximum Gasteiger partial charge on any atom is 0.272 e. The Morgan fingerprint density at radius 3 is 2.88 bits per heavy atom. The van der Waals surface area contributed by atoms with Gasteiger partial charge in [0.25, 0.3) is 5.91 Å². The van der Waals surface area contributed by atoms with Crippen molar-refractivity contribution in [2.24, 2.45) is 5.92 Å². The van der Waals surface area contributed by atoms with Gasteiger partial charge in [0.1, 0.15) is 5.69 Å². The lowest BCUT2D eigenvalue weighted by Gasteiger charge is -2.41. The van der Waals surface area contributed by atoms with E-state index >= 15 is 0 Å². The molecule has 2 fully saturated rings. The number of amides is 1. The van der Waals surface area contributed by atoms with Gasteiger partial charge in [0.2, 0.25) is 0 Å². The van der Waals surface area contributed by atoms with Crippen LogP contribution in [-0.2, 0) is 9.47 Å². The van der Waals surface area contributed by atoms with Crippen LogP contribution in [0.2, 0.25) is 0 Å². The summed E-state index contributed by atoms with van der Waals surface area (Å²) in [5.41, 5.74) is 1.41. The van der Waals surface area contributed by atoms with E-state index < -0.39 is 0 Å². The lowest BCUT2D eigenvalue weighted by atomic mass is 9.88. The van der Waals surface area contributed by atoms with Crippen LogP contribution in [0.1, 0.15) is 22.6 Å². The molecule has 132 valence electrons. The predicted molar refractivity (Wildman–Crippen MR) is 91.0 cm³/mol. The van der Waals surface area contributed by atoms with Crippen LogP contribution < -0.4 is 0 Å². The van der Waals surface area contributed by atoms with Crippen LogP contribution in [0, 0.1) is 12.8 Å². The van der Waals surface area contributed by atoms with Gasteiger partial charge in [-0.05, 0) is 25.5 Å². The standard InChI is InChI=1S/C18H27N3O3/c1-13-5-4-6-15(19-13)18(22)21-8-7-17(24-3)14-11-20(9-10-23-2)12-16(14)21/h4-6,14,16-17H,7-12H2,1-3H3/t14-,16+,17+/m0/s1. The highest BCUT2D eigenvalue weighted by atomic mass is 16.5. The van der Waals surface area contributed by atoms with Crippen molar-refractivity contribution in [1.82, 2.24) is 14.8 Å². The van der Waals surface area contributed by atoms with Crippen molar-refractivity contribution < 1.29 is 14.3 Å². The zero-order valence-electron chi connectivity index (χ0n) is 14.8. The average molecular weight is 333 g/mol. The van der Waals surface area contributed by atoms with E-state index in [1.807, 2.05) is 30.0 Å². The molecule has 3 atom stereocenters. The summed E-state index contributed by atoms with van der Waals surface area (Å²) in [4.78, 5) is 21.8. The summed E-state index contributed by atoms with van der Waals surface area (Å²) >= 11 is 0. The highest BCUT2D eigenvalue weighted by Gasteiger charge is 2.46. The second kappa shape index (κ2) is 7.59. The molecule has 6 heteroatoms. The van der Waals surface area contributed by atoms with Crippen LogP contribution in [0.25, 0.3) is 0 Å². The van der Waals surface area contributed by atoms with E-state index in [9.17, 15) is 4.79 Å². The maximum absolute atomic E-state index is 13.0. The number of nitrogens with zero attached hydrogens (tertiary/aromatic N) is 3. The van der Waals surface area contributed by atoms with Crippen molar-refractivity contribution in [3.63, 3.8) is 0 Å². The third-order valence-corrected chi connectivity index (χ3v) is 5.22. The van der Waals surface area contributed by atoms with Gasteiger partial charge in [0.15, 0.2) is 0 Å². The summed E-state index contributed by atoms with van der Waals surface area (Å²) in [5, 5.41) is 0. The summed E-state index contributed by atoms with van der Waals surface area (Å²) < 4.78 is 10.9. The Kier molecular flexibility index (Phi) is 5.48. The largest absolute Gasteiger partial charge is 0.383 e. The number of rotatable bonds is 5. The Morgan fingerprint density at radius 1 is 1.33 bits per heavy atom. The second-order valence-electron chi connectivity index (χ2n) is 6.71. The first-order valence-corrected chi connectivity index (χ1v) is 8.62. The Bertz CT molecular complexity index is 580. The molecule has 6 nitrogen and oxygen atoms in total. The maximum atomic E-state index is 13.0. The van der Waals surface area contributed by atoms with Crippen molar-refractivity contribution in [2.45, 2.75) is 25.5 Å². The Balaban J connectivity index is 1.77. The van der Waals surface area contributed by atoms with Crippen molar-refractivity contribution in [3.05, 3.63) is 29.6 Å². The molecule has 0 spiro atoms. The molecule has 0 N–H and O–H groups in total. The Morgan fingerprint density at radius 2 is 2.17 bits per heavy atom. The monoisotopic (exact) mass is 333 g/mol. The molecule has 0 bridgehead atoms. The molecule has 3 rings (SSSR count). The fraction of sp³-hybridized carbons (Fsp3) is 0.667. The zero-order chi connectivity index (χ0) is 17.1. The van der Waals surface area contributed by atoms with E-state index in [1.54, 1.807) is 14.2 Å². The molecule has 1 aromatic heterocycles. The summed E-state index contributed by atoms with van der Waals surface area (Å²) in [7, 11) is 3.50. The van der Waals surface area contributed by atoms with Crippen LogP contribution in [0.4, 0.5) is 0 Å². The number of likely N-dealkylation sites (tertiary alicyclic amines) is 2. The van der Waals surface area contributed by atoms with Crippen molar-refractivity contribution in [3.8, 4) is 0 Å². The molecular formula is C18H27N3O3. The number of hydrogen-bond acceptors (Lipinski definition) is 5. The van der Waals surface area contributed by atoms with Gasteiger partial charge >= 0.3 is 0 Å². The minimum absolute atomic E-state index is 0.0387. The molecule has 2 aliphatic rings. The number of fused-ring (bicyclic) bond motifs is 1. The number of carbonyl (C=O) groups is 1. The molecule has 2 aliphatic heterocycles. The number of pyridine rings is 1. The van der Waals surface area contributed by atoms with Gasteiger partial charge in [-0.2, -0.15) is 0 Å². The molecule has 0 unspecified atom stereocenters. The predicted octanol–water partition coefficient (Wildman–Crippen LogP) is 1.20. The number of piperidine rings is 1. The normalized spacial score (nSPS) is 27.3. The van der Waals surface area contributed by atoms with Gasteiger partial charge in [0.05, 0.1) is 18.8 Å².